The standard InChI is InChI=1S/C19H18N4O5/c1-11(2)12-3-5-13(6-4-12)18-21-17(28-22-18)10-27-19(24)15-8-7-14(23(25)26)9-16(15)20/h3-9,11H,10,20H2,1-2H3. The first-order chi connectivity index (χ1) is 13.3. The van der Waals surface area contributed by atoms with Gasteiger partial charge in [0.2, 0.25) is 5.82 Å². The molecule has 0 spiro atoms. The Morgan fingerprint density at radius 3 is 2.57 bits per heavy atom. The van der Waals surface area contributed by atoms with E-state index in [9.17, 15) is 14.9 Å². The molecule has 2 N–H and O–H groups in total. The van der Waals surface area contributed by atoms with E-state index in [2.05, 4.69) is 24.0 Å². The van der Waals surface area contributed by atoms with Crippen LogP contribution < -0.4 is 5.73 Å². The summed E-state index contributed by atoms with van der Waals surface area (Å²) >= 11 is 0. The van der Waals surface area contributed by atoms with Crippen molar-refractivity contribution in [1.82, 2.24) is 10.1 Å². The van der Waals surface area contributed by atoms with Crippen molar-refractivity contribution >= 4 is 17.3 Å². The average Bonchev–Trinajstić information content (AvgIpc) is 3.15. The van der Waals surface area contributed by atoms with Crippen LogP contribution >= 0.6 is 0 Å². The van der Waals surface area contributed by atoms with Gasteiger partial charge in [-0.15, -0.1) is 0 Å². The number of hydrogen-bond donors (Lipinski definition) is 1. The van der Waals surface area contributed by atoms with E-state index in [1.165, 1.54) is 17.7 Å². The van der Waals surface area contributed by atoms with Gasteiger partial charge < -0.3 is 15.0 Å². The van der Waals surface area contributed by atoms with Gasteiger partial charge in [-0.2, -0.15) is 4.98 Å². The normalized spacial score (nSPS) is 10.8. The summed E-state index contributed by atoms with van der Waals surface area (Å²) in [6.45, 7) is 3.97. The molecule has 3 aromatic rings. The maximum atomic E-state index is 12.1. The molecule has 9 nitrogen and oxygen atoms in total. The Bertz CT molecular complexity index is 1010. The zero-order valence-corrected chi connectivity index (χ0v) is 15.3. The van der Waals surface area contributed by atoms with Crippen LogP contribution in [-0.4, -0.2) is 21.0 Å². The fourth-order valence-electron chi connectivity index (χ4n) is 2.50. The van der Waals surface area contributed by atoms with Crippen LogP contribution in [0.2, 0.25) is 0 Å². The number of non-ortho nitro benzene ring substituents is 1. The first kappa shape index (κ1) is 19.0. The highest BCUT2D eigenvalue weighted by Crippen LogP contribution is 2.22. The number of ether oxygens (including phenoxy) is 1. The summed E-state index contributed by atoms with van der Waals surface area (Å²) < 4.78 is 10.2. The number of nitrogens with two attached hydrogens (primary N) is 1. The fourth-order valence-corrected chi connectivity index (χ4v) is 2.50. The highest BCUT2D eigenvalue weighted by molar-refractivity contribution is 5.95. The van der Waals surface area contributed by atoms with Gasteiger partial charge >= 0.3 is 5.97 Å². The number of esters is 1. The summed E-state index contributed by atoms with van der Waals surface area (Å²) in [5.74, 6) is 0.183. The quantitative estimate of drug-likeness (QED) is 0.295. The van der Waals surface area contributed by atoms with Gasteiger partial charge in [0.25, 0.3) is 11.6 Å². The summed E-state index contributed by atoms with van der Waals surface area (Å²) in [4.78, 5) is 26.5. The zero-order chi connectivity index (χ0) is 20.3. The van der Waals surface area contributed by atoms with Crippen LogP contribution in [0.5, 0.6) is 0 Å². The minimum Gasteiger partial charge on any atom is -0.452 e. The van der Waals surface area contributed by atoms with Crippen molar-refractivity contribution in [1.29, 1.82) is 0 Å². The minimum atomic E-state index is -0.742. The van der Waals surface area contributed by atoms with E-state index >= 15 is 0 Å². The summed E-state index contributed by atoms with van der Waals surface area (Å²) in [6.07, 6.45) is 0. The predicted octanol–water partition coefficient (Wildman–Crippen LogP) is 3.71. The van der Waals surface area contributed by atoms with E-state index in [0.29, 0.717) is 11.7 Å². The van der Waals surface area contributed by atoms with Gasteiger partial charge in [0.1, 0.15) is 0 Å². The largest absolute Gasteiger partial charge is 0.452 e. The molecule has 0 aliphatic rings. The topological polar surface area (TPSA) is 134 Å². The summed E-state index contributed by atoms with van der Waals surface area (Å²) in [7, 11) is 0. The van der Waals surface area contributed by atoms with Crippen molar-refractivity contribution in [3.05, 3.63) is 69.6 Å². The zero-order valence-electron chi connectivity index (χ0n) is 15.3. The van der Waals surface area contributed by atoms with Crippen LogP contribution in [0.25, 0.3) is 11.4 Å². The minimum absolute atomic E-state index is 0.0228. The van der Waals surface area contributed by atoms with Crippen molar-refractivity contribution in [3.63, 3.8) is 0 Å². The molecule has 0 amide bonds. The molecule has 1 heterocycles. The molecule has 0 radical (unpaired) electrons. The number of rotatable bonds is 6. The van der Waals surface area contributed by atoms with Crippen molar-refractivity contribution in [2.24, 2.45) is 0 Å². The van der Waals surface area contributed by atoms with E-state index in [4.69, 9.17) is 15.0 Å². The van der Waals surface area contributed by atoms with Crippen LogP contribution in [0.1, 0.15) is 41.6 Å². The highest BCUT2D eigenvalue weighted by Gasteiger charge is 2.17. The molecule has 0 atom stereocenters. The second kappa shape index (κ2) is 7.87. The van der Waals surface area contributed by atoms with Crippen LogP contribution in [0.15, 0.2) is 47.0 Å². The SMILES string of the molecule is CC(C)c1ccc(-c2noc(COC(=O)c3ccc([N+](=O)[O-])cc3N)n2)cc1. The molecule has 0 fully saturated rings. The fraction of sp³-hybridized carbons (Fsp3) is 0.211. The number of carbonyl (C=O) groups excluding carboxylic acids is 1. The summed E-state index contributed by atoms with van der Waals surface area (Å²) in [5, 5.41) is 14.6. The number of hydrogen-bond acceptors (Lipinski definition) is 8. The molecule has 0 aliphatic heterocycles. The van der Waals surface area contributed by atoms with Crippen molar-refractivity contribution < 1.29 is 19.0 Å². The lowest BCUT2D eigenvalue weighted by Gasteiger charge is -2.05. The molecular weight excluding hydrogens is 364 g/mol. The third-order valence-electron chi connectivity index (χ3n) is 4.10. The van der Waals surface area contributed by atoms with Gasteiger partial charge in [0, 0.05) is 17.7 Å². The third kappa shape index (κ3) is 4.14. The molecule has 0 saturated carbocycles. The Morgan fingerprint density at radius 2 is 1.96 bits per heavy atom. The lowest BCUT2D eigenvalue weighted by Crippen LogP contribution is -2.09. The van der Waals surface area contributed by atoms with Gasteiger partial charge in [-0.3, -0.25) is 10.1 Å². The third-order valence-corrected chi connectivity index (χ3v) is 4.10. The maximum Gasteiger partial charge on any atom is 0.340 e. The Labute approximate surface area is 160 Å². The smallest absolute Gasteiger partial charge is 0.340 e. The second-order valence-corrected chi connectivity index (χ2v) is 6.39. The van der Waals surface area contributed by atoms with E-state index < -0.39 is 10.9 Å². The van der Waals surface area contributed by atoms with E-state index in [1.54, 1.807) is 0 Å². The Kier molecular flexibility index (Phi) is 5.35. The lowest BCUT2D eigenvalue weighted by molar-refractivity contribution is -0.384. The summed E-state index contributed by atoms with van der Waals surface area (Å²) in [5.41, 5.74) is 7.43. The van der Waals surface area contributed by atoms with Gasteiger partial charge in [-0.1, -0.05) is 43.3 Å². The molecular formula is C19H18N4O5. The molecule has 144 valence electrons. The average molecular weight is 382 g/mol. The molecule has 0 unspecified atom stereocenters. The Balaban J connectivity index is 1.65. The van der Waals surface area contributed by atoms with Crippen LogP contribution in [-0.2, 0) is 11.3 Å². The first-order valence-corrected chi connectivity index (χ1v) is 8.49. The van der Waals surface area contributed by atoms with Crippen LogP contribution in [0.3, 0.4) is 0 Å². The van der Waals surface area contributed by atoms with Gasteiger partial charge in [-0.25, -0.2) is 4.79 Å². The predicted molar refractivity (Wildman–Crippen MR) is 100 cm³/mol. The lowest BCUT2D eigenvalue weighted by atomic mass is 10.0. The summed E-state index contributed by atoms with van der Waals surface area (Å²) in [6, 6.07) is 11.3. The second-order valence-electron chi connectivity index (χ2n) is 6.39. The number of nitrogens with zero attached hydrogens (tertiary/aromatic N) is 3. The molecule has 0 bridgehead atoms. The van der Waals surface area contributed by atoms with E-state index in [1.807, 2.05) is 24.3 Å². The van der Waals surface area contributed by atoms with Crippen LogP contribution in [0, 0.1) is 10.1 Å². The monoisotopic (exact) mass is 382 g/mol. The number of nitro groups is 1. The number of nitro benzene ring substituents is 1. The number of aromatic nitrogens is 2. The first-order valence-electron chi connectivity index (χ1n) is 8.49. The number of nitrogen functional groups attached to an aromatic ring is 1. The van der Waals surface area contributed by atoms with Crippen molar-refractivity contribution in [3.8, 4) is 11.4 Å². The molecule has 1 aromatic heterocycles. The number of carbonyl (C=O) groups is 1. The van der Waals surface area contributed by atoms with E-state index in [-0.39, 0.29) is 29.4 Å². The Morgan fingerprint density at radius 1 is 1.25 bits per heavy atom. The highest BCUT2D eigenvalue weighted by atomic mass is 16.6. The van der Waals surface area contributed by atoms with Crippen molar-refractivity contribution in [2.75, 3.05) is 5.73 Å². The van der Waals surface area contributed by atoms with E-state index in [0.717, 1.165) is 11.6 Å². The van der Waals surface area contributed by atoms with Crippen molar-refractivity contribution in [2.45, 2.75) is 26.4 Å². The molecule has 0 saturated heterocycles. The van der Waals surface area contributed by atoms with Crippen LogP contribution in [0.4, 0.5) is 11.4 Å². The number of benzene rings is 2. The molecule has 2 aromatic carbocycles. The maximum absolute atomic E-state index is 12.1. The van der Waals surface area contributed by atoms with Gasteiger partial charge in [0.15, 0.2) is 6.61 Å². The Hall–Kier alpha value is -3.75. The molecule has 3 rings (SSSR count). The van der Waals surface area contributed by atoms with Gasteiger partial charge in [0.05, 0.1) is 16.2 Å². The molecule has 0 aliphatic carbocycles. The molecule has 9 heteroatoms. The number of anilines is 1. The molecule has 28 heavy (non-hydrogen) atoms. The van der Waals surface area contributed by atoms with Gasteiger partial charge in [-0.05, 0) is 17.5 Å².